The van der Waals surface area contributed by atoms with E-state index in [0.717, 1.165) is 22.7 Å². The quantitative estimate of drug-likeness (QED) is 0.726. The molecule has 1 aliphatic heterocycles. The van der Waals surface area contributed by atoms with Gasteiger partial charge in [0.05, 0.1) is 24.3 Å². The van der Waals surface area contributed by atoms with Crippen molar-refractivity contribution >= 4 is 29.5 Å². The second-order valence-corrected chi connectivity index (χ2v) is 4.95. The van der Waals surface area contributed by atoms with Crippen LogP contribution in [0.3, 0.4) is 0 Å². The summed E-state index contributed by atoms with van der Waals surface area (Å²) >= 11 is 1.73. The molecule has 0 aromatic heterocycles. The third-order valence-corrected chi connectivity index (χ3v) is 3.83. The van der Waals surface area contributed by atoms with E-state index in [9.17, 15) is 4.79 Å². The molecule has 3 nitrogen and oxygen atoms in total. The van der Waals surface area contributed by atoms with Crippen molar-refractivity contribution in [3.05, 3.63) is 51.9 Å². The maximum absolute atomic E-state index is 11.5. The largest absolute Gasteiger partial charge is 0.465 e. The summed E-state index contributed by atoms with van der Waals surface area (Å²) in [7, 11) is 1.39. The molecule has 1 aromatic carbocycles. The smallest absolute Gasteiger partial charge is 0.337 e. The fourth-order valence-electron chi connectivity index (χ4n) is 2.06. The van der Waals surface area contributed by atoms with Crippen LogP contribution in [0.4, 0.5) is 0 Å². The highest BCUT2D eigenvalue weighted by Crippen LogP contribution is 2.32. The van der Waals surface area contributed by atoms with Crippen LogP contribution in [0.25, 0.3) is 6.08 Å². The summed E-state index contributed by atoms with van der Waals surface area (Å²) < 4.78 is 4.73. The SMILES string of the molecule is COC(=O)c1ccc2c(c1)C=CC=C1SCN=C12. The summed E-state index contributed by atoms with van der Waals surface area (Å²) in [5.41, 5.74) is 3.67. The molecule has 0 atom stereocenters. The Bertz CT molecular complexity index is 614. The number of hydrogen-bond acceptors (Lipinski definition) is 4. The summed E-state index contributed by atoms with van der Waals surface area (Å²) in [5.74, 6) is 0.457. The molecule has 0 radical (unpaired) electrons. The number of carbonyl (C=O) groups is 1. The number of benzene rings is 1. The highest BCUT2D eigenvalue weighted by atomic mass is 32.2. The van der Waals surface area contributed by atoms with Gasteiger partial charge in [-0.2, -0.15) is 0 Å². The number of thioether (sulfide) groups is 1. The van der Waals surface area contributed by atoms with Gasteiger partial charge in [0, 0.05) is 10.5 Å². The van der Waals surface area contributed by atoms with Crippen molar-refractivity contribution in [1.82, 2.24) is 0 Å². The van der Waals surface area contributed by atoms with E-state index in [1.54, 1.807) is 17.8 Å². The van der Waals surface area contributed by atoms with Gasteiger partial charge in [-0.05, 0) is 23.8 Å². The molecule has 0 saturated heterocycles. The summed E-state index contributed by atoms with van der Waals surface area (Å²) in [4.78, 5) is 17.2. The number of aliphatic imine (C=N–C) groups is 1. The Morgan fingerprint density at radius 2 is 2.33 bits per heavy atom. The first-order chi connectivity index (χ1) is 8.79. The van der Waals surface area contributed by atoms with Crippen molar-refractivity contribution in [2.24, 2.45) is 4.99 Å². The number of hydrogen-bond donors (Lipinski definition) is 0. The predicted octanol–water partition coefficient (Wildman–Crippen LogP) is 2.88. The minimum Gasteiger partial charge on any atom is -0.465 e. The zero-order valence-electron chi connectivity index (χ0n) is 9.84. The molecule has 0 spiro atoms. The minimum absolute atomic E-state index is 0.314. The Balaban J connectivity index is 2.11. The van der Waals surface area contributed by atoms with E-state index in [1.165, 1.54) is 12.0 Å². The van der Waals surface area contributed by atoms with E-state index in [-0.39, 0.29) is 5.97 Å². The van der Waals surface area contributed by atoms with Crippen LogP contribution >= 0.6 is 11.8 Å². The van der Waals surface area contributed by atoms with Crippen molar-refractivity contribution in [2.75, 3.05) is 13.0 Å². The predicted molar refractivity (Wildman–Crippen MR) is 73.9 cm³/mol. The van der Waals surface area contributed by atoms with E-state index >= 15 is 0 Å². The number of carbonyl (C=O) groups excluding carboxylic acids is 1. The summed E-state index contributed by atoms with van der Waals surface area (Å²) in [5, 5.41) is 0. The van der Waals surface area contributed by atoms with Gasteiger partial charge >= 0.3 is 5.97 Å². The van der Waals surface area contributed by atoms with Crippen molar-refractivity contribution in [2.45, 2.75) is 0 Å². The Morgan fingerprint density at radius 1 is 1.44 bits per heavy atom. The molecule has 4 heteroatoms. The molecule has 0 bridgehead atoms. The molecule has 1 aromatic rings. The number of allylic oxidation sites excluding steroid dienone is 3. The van der Waals surface area contributed by atoms with Crippen LogP contribution in [-0.4, -0.2) is 24.7 Å². The topological polar surface area (TPSA) is 38.7 Å². The van der Waals surface area contributed by atoms with E-state index in [4.69, 9.17) is 4.74 Å². The zero-order valence-corrected chi connectivity index (χ0v) is 10.7. The van der Waals surface area contributed by atoms with Crippen LogP contribution in [0, 0.1) is 0 Å². The van der Waals surface area contributed by atoms with Gasteiger partial charge in [0.2, 0.25) is 0 Å². The van der Waals surface area contributed by atoms with E-state index in [0.29, 0.717) is 5.56 Å². The molecule has 0 amide bonds. The lowest BCUT2D eigenvalue weighted by atomic mass is 10.0. The minimum atomic E-state index is -0.314. The van der Waals surface area contributed by atoms with Crippen LogP contribution in [0.15, 0.2) is 40.2 Å². The lowest BCUT2D eigenvalue weighted by Crippen LogP contribution is -2.05. The van der Waals surface area contributed by atoms with Gasteiger partial charge in [-0.25, -0.2) is 4.79 Å². The normalized spacial score (nSPS) is 16.3. The molecule has 3 rings (SSSR count). The molecule has 0 N–H and O–H groups in total. The second-order valence-electron chi connectivity index (χ2n) is 3.96. The summed E-state index contributed by atoms with van der Waals surface area (Å²) in [6, 6.07) is 5.57. The van der Waals surface area contributed by atoms with E-state index in [2.05, 4.69) is 11.1 Å². The maximum atomic E-state index is 11.5. The Hall–Kier alpha value is -1.81. The van der Waals surface area contributed by atoms with Gasteiger partial charge in [-0.1, -0.05) is 18.2 Å². The Kier molecular flexibility index (Phi) is 2.80. The van der Waals surface area contributed by atoms with Gasteiger partial charge in [-0.15, -0.1) is 11.8 Å². The average Bonchev–Trinajstić information content (AvgIpc) is 2.79. The molecule has 90 valence electrons. The molecule has 0 saturated carbocycles. The molecule has 0 fully saturated rings. The highest BCUT2D eigenvalue weighted by molar-refractivity contribution is 8.04. The third kappa shape index (κ3) is 1.78. The van der Waals surface area contributed by atoms with E-state index in [1.807, 2.05) is 24.3 Å². The number of esters is 1. The van der Waals surface area contributed by atoms with Crippen molar-refractivity contribution in [3.8, 4) is 0 Å². The van der Waals surface area contributed by atoms with Crippen LogP contribution in [0.1, 0.15) is 21.5 Å². The van der Waals surface area contributed by atoms with Gasteiger partial charge in [0.25, 0.3) is 0 Å². The maximum Gasteiger partial charge on any atom is 0.337 e. The molecule has 2 aliphatic rings. The fourth-order valence-corrected chi connectivity index (χ4v) is 2.88. The van der Waals surface area contributed by atoms with Crippen molar-refractivity contribution in [1.29, 1.82) is 0 Å². The van der Waals surface area contributed by atoms with Crippen LogP contribution in [-0.2, 0) is 4.74 Å². The molecule has 1 heterocycles. The van der Waals surface area contributed by atoms with Crippen molar-refractivity contribution in [3.63, 3.8) is 0 Å². The molecule has 1 aliphatic carbocycles. The van der Waals surface area contributed by atoms with Gasteiger partial charge in [0.1, 0.15) is 0 Å². The fraction of sp³-hybridized carbons (Fsp3) is 0.143. The highest BCUT2D eigenvalue weighted by Gasteiger charge is 2.20. The average molecular weight is 257 g/mol. The molecular weight excluding hydrogens is 246 g/mol. The first kappa shape index (κ1) is 11.3. The zero-order chi connectivity index (χ0) is 12.5. The molecule has 18 heavy (non-hydrogen) atoms. The van der Waals surface area contributed by atoms with E-state index < -0.39 is 0 Å². The van der Waals surface area contributed by atoms with Crippen LogP contribution < -0.4 is 0 Å². The number of ether oxygens (including phenoxy) is 1. The van der Waals surface area contributed by atoms with Gasteiger partial charge in [-0.3, -0.25) is 4.99 Å². The standard InChI is InChI=1S/C14H11NO2S/c1-17-14(16)10-5-6-11-9(7-10)3-2-4-12-13(11)15-8-18-12/h2-7H,8H2,1H3. The van der Waals surface area contributed by atoms with Gasteiger partial charge in [0.15, 0.2) is 0 Å². The summed E-state index contributed by atoms with van der Waals surface area (Å²) in [6.45, 7) is 0. The van der Waals surface area contributed by atoms with Crippen molar-refractivity contribution < 1.29 is 9.53 Å². The van der Waals surface area contributed by atoms with Crippen LogP contribution in [0.2, 0.25) is 0 Å². The lowest BCUT2D eigenvalue weighted by molar-refractivity contribution is 0.0600. The van der Waals surface area contributed by atoms with Crippen LogP contribution in [0.5, 0.6) is 0 Å². The number of fused-ring (bicyclic) bond motifs is 3. The van der Waals surface area contributed by atoms with Gasteiger partial charge < -0.3 is 4.74 Å². The Labute approximate surface area is 109 Å². The lowest BCUT2D eigenvalue weighted by Gasteiger charge is -2.07. The number of nitrogens with zero attached hydrogens (tertiary/aromatic N) is 1. The monoisotopic (exact) mass is 257 g/mol. The molecular formula is C14H11NO2S. The Morgan fingerprint density at radius 3 is 3.17 bits per heavy atom. The third-order valence-electron chi connectivity index (χ3n) is 2.93. The molecule has 0 unspecified atom stereocenters. The first-order valence-electron chi connectivity index (χ1n) is 5.58. The number of methoxy groups -OCH3 is 1. The first-order valence-corrected chi connectivity index (χ1v) is 6.57. The summed E-state index contributed by atoms with van der Waals surface area (Å²) in [6.07, 6.45) is 6.06. The number of rotatable bonds is 1. The second kappa shape index (κ2) is 4.46.